The maximum Gasteiger partial charge on any atom is 0.317 e. The number of benzene rings is 2. The van der Waals surface area contributed by atoms with E-state index in [4.69, 9.17) is 14.2 Å². The van der Waals surface area contributed by atoms with E-state index in [1.54, 1.807) is 32.2 Å². The molecule has 0 heterocycles. The lowest BCUT2D eigenvalue weighted by molar-refractivity contribution is 0.203. The number of rotatable bonds is 9. The lowest BCUT2D eigenvalue weighted by atomic mass is 10.2. The van der Waals surface area contributed by atoms with Crippen molar-refractivity contribution < 1.29 is 19.0 Å². The number of nitrogens with zero attached hydrogens (tertiary/aromatic N) is 1. The second-order valence-corrected chi connectivity index (χ2v) is 5.77. The monoisotopic (exact) mass is 358 g/mol. The van der Waals surface area contributed by atoms with Crippen molar-refractivity contribution in [3.05, 3.63) is 54.1 Å². The zero-order chi connectivity index (χ0) is 18.8. The van der Waals surface area contributed by atoms with Gasteiger partial charge in [-0.2, -0.15) is 0 Å². The molecule has 1 N–H and O–H groups in total. The van der Waals surface area contributed by atoms with Gasteiger partial charge in [-0.1, -0.05) is 18.2 Å². The minimum Gasteiger partial charge on any atom is -0.497 e. The summed E-state index contributed by atoms with van der Waals surface area (Å²) in [5.41, 5.74) is 0.891. The summed E-state index contributed by atoms with van der Waals surface area (Å²) >= 11 is 0. The van der Waals surface area contributed by atoms with Crippen molar-refractivity contribution in [1.82, 2.24) is 10.2 Å². The lowest BCUT2D eigenvalue weighted by Crippen LogP contribution is -2.37. The average molecular weight is 358 g/mol. The minimum atomic E-state index is -0.136. The molecule has 0 unspecified atom stereocenters. The van der Waals surface area contributed by atoms with Crippen molar-refractivity contribution in [3.63, 3.8) is 0 Å². The van der Waals surface area contributed by atoms with Crippen LogP contribution in [0.5, 0.6) is 17.2 Å². The third-order valence-corrected chi connectivity index (χ3v) is 3.92. The lowest BCUT2D eigenvalue weighted by Gasteiger charge is -2.19. The standard InChI is InChI=1S/C20H26N2O4/c1-22(12-7-13-26-17-8-5-4-6-9-17)20(23)21-15-16-10-11-18(24-2)14-19(16)25-3/h4-6,8-11,14H,7,12-13,15H2,1-3H3,(H,21,23). The van der Waals surface area contributed by atoms with Crippen LogP contribution >= 0.6 is 0 Å². The van der Waals surface area contributed by atoms with Crippen molar-refractivity contribution in [2.45, 2.75) is 13.0 Å². The fourth-order valence-electron chi connectivity index (χ4n) is 2.41. The number of hydrogen-bond donors (Lipinski definition) is 1. The normalized spacial score (nSPS) is 10.1. The van der Waals surface area contributed by atoms with Gasteiger partial charge < -0.3 is 24.4 Å². The van der Waals surface area contributed by atoms with Crippen molar-refractivity contribution in [2.75, 3.05) is 34.4 Å². The first kappa shape index (κ1) is 19.4. The molecule has 0 saturated heterocycles. The van der Waals surface area contributed by atoms with Crippen LogP contribution in [0.3, 0.4) is 0 Å². The van der Waals surface area contributed by atoms with Gasteiger partial charge in [-0.05, 0) is 30.7 Å². The van der Waals surface area contributed by atoms with E-state index in [1.807, 2.05) is 42.5 Å². The molecule has 0 fully saturated rings. The molecule has 2 rings (SSSR count). The molecule has 0 saturated carbocycles. The van der Waals surface area contributed by atoms with Crippen molar-refractivity contribution in [2.24, 2.45) is 0 Å². The molecule has 6 nitrogen and oxygen atoms in total. The van der Waals surface area contributed by atoms with Crippen LogP contribution < -0.4 is 19.5 Å². The Morgan fingerprint density at radius 2 is 1.81 bits per heavy atom. The van der Waals surface area contributed by atoms with Gasteiger partial charge in [0.2, 0.25) is 0 Å². The summed E-state index contributed by atoms with van der Waals surface area (Å²) in [4.78, 5) is 13.9. The summed E-state index contributed by atoms with van der Waals surface area (Å²) in [7, 11) is 4.97. The summed E-state index contributed by atoms with van der Waals surface area (Å²) in [6, 6.07) is 15.0. The molecule has 0 aliphatic heterocycles. The highest BCUT2D eigenvalue weighted by Crippen LogP contribution is 2.24. The van der Waals surface area contributed by atoms with Crippen molar-refractivity contribution in [3.8, 4) is 17.2 Å². The third-order valence-electron chi connectivity index (χ3n) is 3.92. The Kier molecular flexibility index (Phi) is 7.61. The molecule has 2 amide bonds. The number of ether oxygens (including phenoxy) is 3. The van der Waals surface area contributed by atoms with E-state index < -0.39 is 0 Å². The smallest absolute Gasteiger partial charge is 0.317 e. The van der Waals surface area contributed by atoms with Crippen LogP contribution in [0, 0.1) is 0 Å². The summed E-state index contributed by atoms with van der Waals surface area (Å²) < 4.78 is 16.1. The topological polar surface area (TPSA) is 60.0 Å². The molecular weight excluding hydrogens is 332 g/mol. The van der Waals surface area contributed by atoms with Gasteiger partial charge in [0.1, 0.15) is 17.2 Å². The first-order valence-electron chi connectivity index (χ1n) is 8.51. The maximum atomic E-state index is 12.2. The Balaban J connectivity index is 1.73. The predicted octanol–water partition coefficient (Wildman–Crippen LogP) is 3.31. The van der Waals surface area contributed by atoms with Crippen LogP contribution in [0.25, 0.3) is 0 Å². The molecule has 26 heavy (non-hydrogen) atoms. The molecule has 0 radical (unpaired) electrons. The van der Waals surface area contributed by atoms with Gasteiger partial charge in [0.15, 0.2) is 0 Å². The van der Waals surface area contributed by atoms with E-state index in [0.29, 0.717) is 31.2 Å². The SMILES string of the molecule is COc1ccc(CNC(=O)N(C)CCCOc2ccccc2)c(OC)c1. The van der Waals surface area contributed by atoms with E-state index in [-0.39, 0.29) is 6.03 Å². The Bertz CT molecular complexity index is 691. The molecule has 2 aromatic carbocycles. The number of carbonyl (C=O) groups excluding carboxylic acids is 1. The Labute approximate surface area is 154 Å². The number of methoxy groups -OCH3 is 2. The Hall–Kier alpha value is -2.89. The molecule has 0 spiro atoms. The maximum absolute atomic E-state index is 12.2. The molecule has 0 aromatic heterocycles. The van der Waals surface area contributed by atoms with Gasteiger partial charge >= 0.3 is 6.03 Å². The third kappa shape index (κ3) is 5.88. The zero-order valence-corrected chi connectivity index (χ0v) is 15.5. The largest absolute Gasteiger partial charge is 0.497 e. The van der Waals surface area contributed by atoms with Crippen molar-refractivity contribution in [1.29, 1.82) is 0 Å². The predicted molar refractivity (Wildman–Crippen MR) is 101 cm³/mol. The summed E-state index contributed by atoms with van der Waals surface area (Å²) in [6.07, 6.45) is 0.755. The van der Waals surface area contributed by atoms with Crippen LogP contribution in [-0.2, 0) is 6.54 Å². The van der Waals surface area contributed by atoms with Crippen LogP contribution in [0.15, 0.2) is 48.5 Å². The quantitative estimate of drug-likeness (QED) is 0.699. The first-order valence-corrected chi connectivity index (χ1v) is 8.51. The first-order chi connectivity index (χ1) is 12.6. The van der Waals surface area contributed by atoms with E-state index in [1.165, 1.54) is 0 Å². The van der Waals surface area contributed by atoms with Crippen LogP contribution in [0.4, 0.5) is 4.79 Å². The Morgan fingerprint density at radius 1 is 1.04 bits per heavy atom. The second kappa shape index (κ2) is 10.2. The van der Waals surface area contributed by atoms with E-state index >= 15 is 0 Å². The second-order valence-electron chi connectivity index (χ2n) is 5.77. The van der Waals surface area contributed by atoms with Crippen LogP contribution in [0.2, 0.25) is 0 Å². The molecule has 0 aliphatic carbocycles. The van der Waals surface area contributed by atoms with Gasteiger partial charge in [-0.15, -0.1) is 0 Å². The number of para-hydroxylation sites is 1. The molecule has 0 bridgehead atoms. The van der Waals surface area contributed by atoms with Gasteiger partial charge in [-0.3, -0.25) is 0 Å². The van der Waals surface area contributed by atoms with Gasteiger partial charge in [-0.25, -0.2) is 4.79 Å². The van der Waals surface area contributed by atoms with Gasteiger partial charge in [0.25, 0.3) is 0 Å². The highest BCUT2D eigenvalue weighted by Gasteiger charge is 2.10. The van der Waals surface area contributed by atoms with Gasteiger partial charge in [0.05, 0.1) is 20.8 Å². The van der Waals surface area contributed by atoms with E-state index in [9.17, 15) is 4.79 Å². The highest BCUT2D eigenvalue weighted by molar-refractivity contribution is 5.73. The molecule has 140 valence electrons. The fourth-order valence-corrected chi connectivity index (χ4v) is 2.41. The molecule has 0 aliphatic rings. The minimum absolute atomic E-state index is 0.136. The molecule has 2 aromatic rings. The fraction of sp³-hybridized carbons (Fsp3) is 0.350. The van der Waals surface area contributed by atoms with Crippen LogP contribution in [0.1, 0.15) is 12.0 Å². The number of hydrogen-bond acceptors (Lipinski definition) is 4. The summed E-state index contributed by atoms with van der Waals surface area (Å²) in [5, 5.41) is 2.89. The summed E-state index contributed by atoms with van der Waals surface area (Å²) in [5.74, 6) is 2.24. The number of nitrogens with one attached hydrogen (secondary N) is 1. The number of amides is 2. The average Bonchev–Trinajstić information content (AvgIpc) is 2.69. The van der Waals surface area contributed by atoms with E-state index in [0.717, 1.165) is 17.7 Å². The van der Waals surface area contributed by atoms with Crippen LogP contribution in [-0.4, -0.2) is 45.3 Å². The Morgan fingerprint density at radius 3 is 2.50 bits per heavy atom. The number of carbonyl (C=O) groups is 1. The molecular formula is C20H26N2O4. The molecule has 6 heteroatoms. The zero-order valence-electron chi connectivity index (χ0n) is 15.5. The number of urea groups is 1. The van der Waals surface area contributed by atoms with E-state index in [2.05, 4.69) is 5.32 Å². The van der Waals surface area contributed by atoms with Crippen molar-refractivity contribution >= 4 is 6.03 Å². The highest BCUT2D eigenvalue weighted by atomic mass is 16.5. The molecule has 0 atom stereocenters. The van der Waals surface area contributed by atoms with Gasteiger partial charge in [0, 0.05) is 31.8 Å². The summed E-state index contributed by atoms with van der Waals surface area (Å²) in [6.45, 7) is 1.56.